The van der Waals surface area contributed by atoms with E-state index in [0.717, 1.165) is 41.7 Å². The number of amides is 1. The Labute approximate surface area is 188 Å². The van der Waals surface area contributed by atoms with Gasteiger partial charge in [0.05, 0.1) is 17.2 Å². The van der Waals surface area contributed by atoms with Gasteiger partial charge in [-0.15, -0.1) is 35.3 Å². The summed E-state index contributed by atoms with van der Waals surface area (Å²) in [4.78, 5) is 25.3. The van der Waals surface area contributed by atoms with Crippen LogP contribution in [0.15, 0.2) is 34.6 Å². The SMILES string of the molecule is CN=C(NCCCC(=O)N1CCc2ccccc21)N(C)Cc1csc(C)n1.I. The van der Waals surface area contributed by atoms with Gasteiger partial charge in [0.25, 0.3) is 0 Å². The number of nitrogens with zero attached hydrogens (tertiary/aromatic N) is 4. The molecule has 3 rings (SSSR count). The second-order valence-electron chi connectivity index (χ2n) is 6.72. The van der Waals surface area contributed by atoms with Crippen molar-refractivity contribution in [2.45, 2.75) is 32.7 Å². The van der Waals surface area contributed by atoms with Crippen LogP contribution >= 0.6 is 35.3 Å². The number of thiazole rings is 1. The van der Waals surface area contributed by atoms with E-state index in [-0.39, 0.29) is 29.9 Å². The van der Waals surface area contributed by atoms with E-state index >= 15 is 0 Å². The van der Waals surface area contributed by atoms with E-state index in [1.165, 1.54) is 5.56 Å². The van der Waals surface area contributed by atoms with Gasteiger partial charge < -0.3 is 15.1 Å². The van der Waals surface area contributed by atoms with Crippen molar-refractivity contribution in [3.8, 4) is 0 Å². The second kappa shape index (κ2) is 10.8. The summed E-state index contributed by atoms with van der Waals surface area (Å²) < 4.78 is 0. The average molecular weight is 513 g/mol. The molecule has 1 amide bonds. The van der Waals surface area contributed by atoms with E-state index in [1.54, 1.807) is 18.4 Å². The molecule has 0 fully saturated rings. The lowest BCUT2D eigenvalue weighted by Crippen LogP contribution is -2.39. The first-order chi connectivity index (χ1) is 13.1. The van der Waals surface area contributed by atoms with Gasteiger partial charge in [0.2, 0.25) is 5.91 Å². The number of carbonyl (C=O) groups is 1. The highest BCUT2D eigenvalue weighted by Crippen LogP contribution is 2.27. The zero-order valence-electron chi connectivity index (χ0n) is 16.6. The van der Waals surface area contributed by atoms with Gasteiger partial charge in [0, 0.05) is 44.7 Å². The van der Waals surface area contributed by atoms with Crippen molar-refractivity contribution < 1.29 is 4.79 Å². The average Bonchev–Trinajstić information content (AvgIpc) is 3.27. The molecule has 28 heavy (non-hydrogen) atoms. The van der Waals surface area contributed by atoms with Gasteiger partial charge in [-0.2, -0.15) is 0 Å². The molecule has 1 aromatic carbocycles. The Morgan fingerprint density at radius 1 is 1.39 bits per heavy atom. The molecule has 0 unspecified atom stereocenters. The third kappa shape index (κ3) is 5.66. The highest BCUT2D eigenvalue weighted by atomic mass is 127. The molecule has 152 valence electrons. The van der Waals surface area contributed by atoms with Crippen LogP contribution in [0.2, 0.25) is 0 Å². The number of guanidine groups is 1. The minimum Gasteiger partial charge on any atom is -0.356 e. The van der Waals surface area contributed by atoms with E-state index < -0.39 is 0 Å². The van der Waals surface area contributed by atoms with Gasteiger partial charge in [0.15, 0.2) is 5.96 Å². The summed E-state index contributed by atoms with van der Waals surface area (Å²) in [6.07, 6.45) is 2.27. The number of carbonyl (C=O) groups excluding carboxylic acids is 1. The number of benzene rings is 1. The maximum Gasteiger partial charge on any atom is 0.227 e. The number of aryl methyl sites for hydroxylation is 1. The van der Waals surface area contributed by atoms with Crippen LogP contribution in [0, 0.1) is 6.92 Å². The van der Waals surface area contributed by atoms with E-state index in [0.29, 0.717) is 19.5 Å². The maximum absolute atomic E-state index is 12.6. The van der Waals surface area contributed by atoms with Gasteiger partial charge >= 0.3 is 0 Å². The Morgan fingerprint density at radius 3 is 2.89 bits per heavy atom. The number of rotatable bonds is 6. The number of fused-ring (bicyclic) bond motifs is 1. The summed E-state index contributed by atoms with van der Waals surface area (Å²) in [7, 11) is 3.77. The topological polar surface area (TPSA) is 60.8 Å². The van der Waals surface area contributed by atoms with Crippen molar-refractivity contribution in [2.24, 2.45) is 4.99 Å². The number of anilines is 1. The van der Waals surface area contributed by atoms with E-state index in [1.807, 2.05) is 42.0 Å². The fourth-order valence-electron chi connectivity index (χ4n) is 3.36. The van der Waals surface area contributed by atoms with Crippen molar-refractivity contribution in [1.82, 2.24) is 15.2 Å². The molecule has 2 aromatic rings. The zero-order valence-corrected chi connectivity index (χ0v) is 19.8. The summed E-state index contributed by atoms with van der Waals surface area (Å²) >= 11 is 1.66. The maximum atomic E-state index is 12.6. The molecule has 1 aliphatic heterocycles. The number of hydrogen-bond acceptors (Lipinski definition) is 4. The Morgan fingerprint density at radius 2 is 2.18 bits per heavy atom. The lowest BCUT2D eigenvalue weighted by Gasteiger charge is -2.21. The summed E-state index contributed by atoms with van der Waals surface area (Å²) in [5, 5.41) is 6.49. The van der Waals surface area contributed by atoms with Crippen LogP contribution in [0.3, 0.4) is 0 Å². The minimum absolute atomic E-state index is 0. The Kier molecular flexibility index (Phi) is 8.68. The van der Waals surface area contributed by atoms with Gasteiger partial charge in [-0.1, -0.05) is 18.2 Å². The number of aromatic nitrogens is 1. The molecule has 0 saturated heterocycles. The standard InChI is InChI=1S/C20H27N5OS.HI/c1-15-23-17(14-27-15)13-24(3)20(21-2)22-11-6-9-19(26)25-12-10-16-7-4-5-8-18(16)25;/h4-5,7-8,14H,6,9-13H2,1-3H3,(H,21,22);1H. The van der Waals surface area contributed by atoms with Crippen LogP contribution in [0.25, 0.3) is 0 Å². The molecule has 0 spiro atoms. The first kappa shape index (κ1) is 22.6. The highest BCUT2D eigenvalue weighted by Gasteiger charge is 2.23. The van der Waals surface area contributed by atoms with Crippen molar-refractivity contribution in [3.05, 3.63) is 45.9 Å². The molecule has 2 heterocycles. The van der Waals surface area contributed by atoms with Crippen molar-refractivity contribution in [3.63, 3.8) is 0 Å². The fraction of sp³-hybridized carbons (Fsp3) is 0.450. The van der Waals surface area contributed by atoms with Crippen LogP contribution in [0.4, 0.5) is 5.69 Å². The summed E-state index contributed by atoms with van der Waals surface area (Å²) in [5.74, 6) is 1.02. The molecule has 0 aliphatic carbocycles. The van der Waals surface area contributed by atoms with Crippen molar-refractivity contribution in [2.75, 3.05) is 32.1 Å². The van der Waals surface area contributed by atoms with E-state index in [4.69, 9.17) is 0 Å². The first-order valence-corrected chi connectivity index (χ1v) is 10.2. The van der Waals surface area contributed by atoms with E-state index in [2.05, 4.69) is 26.7 Å². The predicted octanol–water partition coefficient (Wildman–Crippen LogP) is 3.45. The summed E-state index contributed by atoms with van der Waals surface area (Å²) in [5.41, 5.74) is 3.39. The number of para-hydroxylation sites is 1. The zero-order chi connectivity index (χ0) is 19.2. The quantitative estimate of drug-likeness (QED) is 0.278. The lowest BCUT2D eigenvalue weighted by atomic mass is 10.2. The number of hydrogen-bond donors (Lipinski definition) is 1. The largest absolute Gasteiger partial charge is 0.356 e. The highest BCUT2D eigenvalue weighted by molar-refractivity contribution is 14.0. The Hall–Kier alpha value is -1.68. The molecule has 1 aliphatic rings. The number of halogens is 1. The first-order valence-electron chi connectivity index (χ1n) is 9.29. The molecule has 8 heteroatoms. The molecule has 6 nitrogen and oxygen atoms in total. The Bertz CT molecular complexity index is 822. The third-order valence-corrected chi connectivity index (χ3v) is 5.50. The smallest absolute Gasteiger partial charge is 0.227 e. The Balaban J connectivity index is 0.00000280. The fourth-order valence-corrected chi connectivity index (χ4v) is 3.96. The van der Waals surface area contributed by atoms with Crippen LogP contribution < -0.4 is 10.2 Å². The van der Waals surface area contributed by atoms with Crippen molar-refractivity contribution in [1.29, 1.82) is 0 Å². The predicted molar refractivity (Wildman–Crippen MR) is 127 cm³/mol. The van der Waals surface area contributed by atoms with Crippen LogP contribution in [-0.2, 0) is 17.8 Å². The normalized spacial score (nSPS) is 13.1. The van der Waals surface area contributed by atoms with Gasteiger partial charge in [-0.05, 0) is 31.4 Å². The van der Waals surface area contributed by atoms with Crippen LogP contribution in [0.1, 0.15) is 29.1 Å². The van der Waals surface area contributed by atoms with Gasteiger partial charge in [-0.25, -0.2) is 4.98 Å². The molecular weight excluding hydrogens is 485 g/mol. The molecule has 0 atom stereocenters. The third-order valence-electron chi connectivity index (χ3n) is 4.68. The number of nitrogens with one attached hydrogen (secondary N) is 1. The molecule has 0 saturated carbocycles. The van der Waals surface area contributed by atoms with Crippen LogP contribution in [-0.4, -0.2) is 48.9 Å². The van der Waals surface area contributed by atoms with Crippen LogP contribution in [0.5, 0.6) is 0 Å². The number of aliphatic imine (C=N–C) groups is 1. The van der Waals surface area contributed by atoms with Gasteiger partial charge in [0.1, 0.15) is 0 Å². The molecule has 0 radical (unpaired) electrons. The lowest BCUT2D eigenvalue weighted by molar-refractivity contribution is -0.118. The molecular formula is C20H28IN5OS. The summed E-state index contributed by atoms with van der Waals surface area (Å²) in [6.45, 7) is 4.24. The molecule has 0 bridgehead atoms. The van der Waals surface area contributed by atoms with Crippen molar-refractivity contribution >= 4 is 52.9 Å². The minimum atomic E-state index is 0. The van der Waals surface area contributed by atoms with Gasteiger partial charge in [-0.3, -0.25) is 9.79 Å². The molecule has 1 aromatic heterocycles. The van der Waals surface area contributed by atoms with E-state index in [9.17, 15) is 4.79 Å². The summed E-state index contributed by atoms with van der Waals surface area (Å²) in [6, 6.07) is 8.17. The molecule has 1 N–H and O–H groups in total. The monoisotopic (exact) mass is 513 g/mol. The second-order valence-corrected chi connectivity index (χ2v) is 7.78.